The van der Waals surface area contributed by atoms with E-state index in [0.717, 1.165) is 26.0 Å². The maximum Gasteiger partial charge on any atom is 0.231 e. The maximum atomic E-state index is 10.5. The molecule has 4 nitrogen and oxygen atoms in total. The van der Waals surface area contributed by atoms with Crippen molar-refractivity contribution in [1.29, 1.82) is 0 Å². The molecule has 4 heteroatoms. The van der Waals surface area contributed by atoms with E-state index in [4.69, 9.17) is 10.5 Å². The minimum Gasteiger partial charge on any atom is -0.378 e. The second-order valence-corrected chi connectivity index (χ2v) is 3.46. The van der Waals surface area contributed by atoms with Crippen LogP contribution in [0.25, 0.3) is 0 Å². The fourth-order valence-electron chi connectivity index (χ4n) is 1.76. The van der Waals surface area contributed by atoms with Crippen molar-refractivity contribution in [3.63, 3.8) is 0 Å². The second kappa shape index (κ2) is 5.19. The van der Waals surface area contributed by atoms with Crippen molar-refractivity contribution >= 4 is 5.91 Å². The van der Waals surface area contributed by atoms with E-state index in [1.807, 2.05) is 0 Å². The highest BCUT2D eigenvalue weighted by atomic mass is 16.5. The van der Waals surface area contributed by atoms with Gasteiger partial charge in [0.2, 0.25) is 5.91 Å². The highest BCUT2D eigenvalue weighted by Gasteiger charge is 2.25. The Balaban J connectivity index is 2.16. The standard InChI is InChI=1S/C9H18N2O2/c1-2-8-7(3-4-13-8)5-11-6-9(10)12/h7-8,11H,2-6H2,1H3,(H2,10,12). The van der Waals surface area contributed by atoms with Crippen molar-refractivity contribution in [3.05, 3.63) is 0 Å². The molecule has 0 aromatic rings. The van der Waals surface area contributed by atoms with Crippen LogP contribution in [0.3, 0.4) is 0 Å². The summed E-state index contributed by atoms with van der Waals surface area (Å²) in [5.74, 6) is 0.247. The van der Waals surface area contributed by atoms with Crippen LogP contribution in [0.1, 0.15) is 19.8 Å². The quantitative estimate of drug-likeness (QED) is 0.629. The van der Waals surface area contributed by atoms with Crippen LogP contribution in [0.4, 0.5) is 0 Å². The van der Waals surface area contributed by atoms with Crippen molar-refractivity contribution in [2.75, 3.05) is 19.7 Å². The molecule has 0 bridgehead atoms. The molecule has 0 aromatic carbocycles. The lowest BCUT2D eigenvalue weighted by atomic mass is 10.00. The summed E-state index contributed by atoms with van der Waals surface area (Å²) in [6.45, 7) is 4.08. The lowest BCUT2D eigenvalue weighted by molar-refractivity contribution is -0.117. The number of hydrogen-bond acceptors (Lipinski definition) is 3. The van der Waals surface area contributed by atoms with Gasteiger partial charge in [-0.05, 0) is 18.8 Å². The van der Waals surface area contributed by atoms with Crippen LogP contribution in [0.5, 0.6) is 0 Å². The number of ether oxygens (including phenoxy) is 1. The van der Waals surface area contributed by atoms with Gasteiger partial charge in [0, 0.05) is 13.2 Å². The number of primary amides is 1. The second-order valence-electron chi connectivity index (χ2n) is 3.46. The summed E-state index contributed by atoms with van der Waals surface area (Å²) < 4.78 is 5.52. The normalized spacial score (nSPS) is 27.8. The molecule has 2 atom stereocenters. The number of hydrogen-bond donors (Lipinski definition) is 2. The van der Waals surface area contributed by atoms with Crippen LogP contribution in [-0.2, 0) is 9.53 Å². The van der Waals surface area contributed by atoms with Crippen LogP contribution in [-0.4, -0.2) is 31.7 Å². The molecule has 1 aliphatic rings. The summed E-state index contributed by atoms with van der Waals surface area (Å²) in [6, 6.07) is 0. The summed E-state index contributed by atoms with van der Waals surface area (Å²) in [5.41, 5.74) is 5.01. The Hall–Kier alpha value is -0.610. The molecule has 1 aliphatic heterocycles. The molecule has 0 aliphatic carbocycles. The average molecular weight is 186 g/mol. The number of rotatable bonds is 5. The van der Waals surface area contributed by atoms with Gasteiger partial charge in [-0.1, -0.05) is 6.92 Å². The third-order valence-corrected chi connectivity index (χ3v) is 2.45. The van der Waals surface area contributed by atoms with Gasteiger partial charge in [0.05, 0.1) is 12.6 Å². The predicted octanol–water partition coefficient (Wildman–Crippen LogP) is -0.124. The van der Waals surface area contributed by atoms with Crippen LogP contribution >= 0.6 is 0 Å². The van der Waals surface area contributed by atoms with E-state index in [2.05, 4.69) is 12.2 Å². The van der Waals surface area contributed by atoms with Crippen molar-refractivity contribution in [3.8, 4) is 0 Å². The first-order valence-electron chi connectivity index (χ1n) is 4.84. The number of nitrogens with two attached hydrogens (primary N) is 1. The number of nitrogens with one attached hydrogen (secondary N) is 1. The van der Waals surface area contributed by atoms with Crippen molar-refractivity contribution in [2.45, 2.75) is 25.9 Å². The summed E-state index contributed by atoms with van der Waals surface area (Å²) in [4.78, 5) is 10.5. The van der Waals surface area contributed by atoms with Gasteiger partial charge in [-0.25, -0.2) is 0 Å². The highest BCUT2D eigenvalue weighted by Crippen LogP contribution is 2.22. The Morgan fingerprint density at radius 2 is 2.46 bits per heavy atom. The minimum atomic E-state index is -0.299. The van der Waals surface area contributed by atoms with Gasteiger partial charge in [0.1, 0.15) is 0 Å². The van der Waals surface area contributed by atoms with E-state index in [0.29, 0.717) is 12.0 Å². The lowest BCUT2D eigenvalue weighted by Gasteiger charge is -2.16. The molecule has 13 heavy (non-hydrogen) atoms. The Kier molecular flexibility index (Phi) is 4.18. The topological polar surface area (TPSA) is 64.3 Å². The summed E-state index contributed by atoms with van der Waals surface area (Å²) in [7, 11) is 0. The first kappa shape index (κ1) is 10.5. The van der Waals surface area contributed by atoms with Gasteiger partial charge in [0.25, 0.3) is 0 Å². The Morgan fingerprint density at radius 3 is 3.08 bits per heavy atom. The average Bonchev–Trinajstić information content (AvgIpc) is 2.51. The summed E-state index contributed by atoms with van der Waals surface area (Å²) >= 11 is 0. The Morgan fingerprint density at radius 1 is 1.69 bits per heavy atom. The molecule has 1 heterocycles. The van der Waals surface area contributed by atoms with E-state index in [1.165, 1.54) is 0 Å². The van der Waals surface area contributed by atoms with Gasteiger partial charge in [0.15, 0.2) is 0 Å². The molecule has 1 rings (SSSR count). The molecular weight excluding hydrogens is 168 g/mol. The largest absolute Gasteiger partial charge is 0.378 e. The van der Waals surface area contributed by atoms with Crippen molar-refractivity contribution < 1.29 is 9.53 Å². The third-order valence-electron chi connectivity index (χ3n) is 2.45. The zero-order chi connectivity index (χ0) is 9.68. The summed E-state index contributed by atoms with van der Waals surface area (Å²) in [5, 5.41) is 3.04. The smallest absolute Gasteiger partial charge is 0.231 e. The van der Waals surface area contributed by atoms with E-state index in [9.17, 15) is 4.79 Å². The number of amides is 1. The zero-order valence-electron chi connectivity index (χ0n) is 8.08. The Labute approximate surface area is 78.8 Å². The minimum absolute atomic E-state index is 0.271. The van der Waals surface area contributed by atoms with Crippen molar-refractivity contribution in [1.82, 2.24) is 5.32 Å². The Bertz CT molecular complexity index is 173. The first-order valence-corrected chi connectivity index (χ1v) is 4.84. The highest BCUT2D eigenvalue weighted by molar-refractivity contribution is 5.75. The molecule has 0 saturated carbocycles. The van der Waals surface area contributed by atoms with Crippen LogP contribution < -0.4 is 11.1 Å². The lowest BCUT2D eigenvalue weighted by Crippen LogP contribution is -2.34. The number of carbonyl (C=O) groups is 1. The van der Waals surface area contributed by atoms with E-state index in [-0.39, 0.29) is 12.5 Å². The third kappa shape index (κ3) is 3.32. The summed E-state index contributed by atoms with van der Waals surface area (Å²) in [6.07, 6.45) is 2.49. The number of carbonyl (C=O) groups excluding carboxylic acids is 1. The van der Waals surface area contributed by atoms with Gasteiger partial charge in [-0.2, -0.15) is 0 Å². The first-order chi connectivity index (χ1) is 6.24. The van der Waals surface area contributed by atoms with E-state index < -0.39 is 0 Å². The van der Waals surface area contributed by atoms with Crippen LogP contribution in [0.15, 0.2) is 0 Å². The van der Waals surface area contributed by atoms with Gasteiger partial charge < -0.3 is 15.8 Å². The molecule has 0 aromatic heterocycles. The van der Waals surface area contributed by atoms with Gasteiger partial charge >= 0.3 is 0 Å². The molecular formula is C9H18N2O2. The molecule has 0 spiro atoms. The molecule has 1 fully saturated rings. The fraction of sp³-hybridized carbons (Fsp3) is 0.889. The van der Waals surface area contributed by atoms with E-state index in [1.54, 1.807) is 0 Å². The maximum absolute atomic E-state index is 10.5. The van der Waals surface area contributed by atoms with Gasteiger partial charge in [-0.3, -0.25) is 4.79 Å². The van der Waals surface area contributed by atoms with Crippen molar-refractivity contribution in [2.24, 2.45) is 11.7 Å². The fourth-order valence-corrected chi connectivity index (χ4v) is 1.76. The van der Waals surface area contributed by atoms with Gasteiger partial charge in [-0.15, -0.1) is 0 Å². The SMILES string of the molecule is CCC1OCCC1CNCC(N)=O. The molecule has 3 N–H and O–H groups in total. The van der Waals surface area contributed by atoms with Crippen LogP contribution in [0.2, 0.25) is 0 Å². The zero-order valence-corrected chi connectivity index (χ0v) is 8.08. The molecule has 2 unspecified atom stereocenters. The molecule has 0 radical (unpaired) electrons. The monoisotopic (exact) mass is 186 g/mol. The molecule has 1 amide bonds. The molecule has 76 valence electrons. The van der Waals surface area contributed by atoms with Crippen LogP contribution in [0, 0.1) is 5.92 Å². The predicted molar refractivity (Wildman–Crippen MR) is 50.2 cm³/mol. The molecule has 1 saturated heterocycles. The van der Waals surface area contributed by atoms with E-state index >= 15 is 0 Å².